The monoisotopic (exact) mass is 280 g/mol. The SMILES string of the molecule is CC(=CC(=O)[O-])C(=CCC(C)CCCC(C)C)C(=O)[O-]. The van der Waals surface area contributed by atoms with Gasteiger partial charge in [0, 0.05) is 0 Å². The molecule has 0 spiro atoms. The maximum absolute atomic E-state index is 11.0. The molecule has 0 amide bonds. The third kappa shape index (κ3) is 8.51. The number of aliphatic carboxylic acids is 2. The average molecular weight is 280 g/mol. The van der Waals surface area contributed by atoms with E-state index in [4.69, 9.17) is 0 Å². The molecule has 0 bridgehead atoms. The number of hydrogen-bond donors (Lipinski definition) is 0. The van der Waals surface area contributed by atoms with Gasteiger partial charge in [0.15, 0.2) is 0 Å². The van der Waals surface area contributed by atoms with E-state index in [9.17, 15) is 19.8 Å². The minimum Gasteiger partial charge on any atom is -0.545 e. The average Bonchev–Trinajstić information content (AvgIpc) is 2.26. The Kier molecular flexibility index (Phi) is 8.61. The fraction of sp³-hybridized carbons (Fsp3) is 0.625. The Balaban J connectivity index is 4.56. The second kappa shape index (κ2) is 9.34. The van der Waals surface area contributed by atoms with Crippen molar-refractivity contribution < 1.29 is 19.8 Å². The maximum atomic E-state index is 11.0. The summed E-state index contributed by atoms with van der Waals surface area (Å²) >= 11 is 0. The third-order valence-electron chi connectivity index (χ3n) is 3.18. The van der Waals surface area contributed by atoms with Gasteiger partial charge in [0.2, 0.25) is 0 Å². The number of carboxylic acids is 2. The van der Waals surface area contributed by atoms with Crippen LogP contribution in [0.1, 0.15) is 53.4 Å². The molecule has 0 aliphatic rings. The van der Waals surface area contributed by atoms with Gasteiger partial charge in [-0.05, 0) is 42.4 Å². The van der Waals surface area contributed by atoms with Crippen molar-refractivity contribution >= 4 is 11.9 Å². The van der Waals surface area contributed by atoms with E-state index in [1.54, 1.807) is 6.08 Å². The Morgan fingerprint density at radius 2 is 1.70 bits per heavy atom. The predicted octanol–water partition coefficient (Wildman–Crippen LogP) is 1.21. The van der Waals surface area contributed by atoms with Crippen molar-refractivity contribution in [2.24, 2.45) is 11.8 Å². The molecule has 114 valence electrons. The highest BCUT2D eigenvalue weighted by Crippen LogP contribution is 2.18. The summed E-state index contributed by atoms with van der Waals surface area (Å²) in [6.07, 6.45) is 6.22. The molecule has 1 unspecified atom stereocenters. The fourth-order valence-corrected chi connectivity index (χ4v) is 1.97. The first kappa shape index (κ1) is 18.4. The van der Waals surface area contributed by atoms with Crippen LogP contribution in [-0.2, 0) is 9.59 Å². The first-order valence-corrected chi connectivity index (χ1v) is 7.05. The summed E-state index contributed by atoms with van der Waals surface area (Å²) in [5.74, 6) is -1.72. The number of rotatable bonds is 9. The molecule has 1 atom stereocenters. The lowest BCUT2D eigenvalue weighted by Crippen LogP contribution is -2.26. The Morgan fingerprint density at radius 3 is 2.15 bits per heavy atom. The van der Waals surface area contributed by atoms with E-state index in [0.29, 0.717) is 18.3 Å². The van der Waals surface area contributed by atoms with E-state index in [-0.39, 0.29) is 11.1 Å². The molecular formula is C16H24O4-2. The minimum absolute atomic E-state index is 0.0649. The second-order valence-electron chi connectivity index (χ2n) is 5.72. The van der Waals surface area contributed by atoms with Crippen molar-refractivity contribution in [3.8, 4) is 0 Å². The number of hydrogen-bond acceptors (Lipinski definition) is 4. The van der Waals surface area contributed by atoms with E-state index in [0.717, 1.165) is 25.3 Å². The van der Waals surface area contributed by atoms with E-state index >= 15 is 0 Å². The number of carbonyl (C=O) groups is 2. The predicted molar refractivity (Wildman–Crippen MR) is 74.3 cm³/mol. The smallest absolute Gasteiger partial charge is 0.0714 e. The molecule has 0 aliphatic carbocycles. The summed E-state index contributed by atoms with van der Waals surface area (Å²) < 4.78 is 0. The van der Waals surface area contributed by atoms with E-state index in [1.165, 1.54) is 6.92 Å². The molecule has 0 saturated carbocycles. The lowest BCUT2D eigenvalue weighted by molar-refractivity contribution is -0.299. The summed E-state index contributed by atoms with van der Waals surface area (Å²) in [5, 5.41) is 21.5. The molecule has 0 rings (SSSR count). The molecule has 20 heavy (non-hydrogen) atoms. The first-order valence-electron chi connectivity index (χ1n) is 7.05. The van der Waals surface area contributed by atoms with Crippen LogP contribution >= 0.6 is 0 Å². The molecule has 0 radical (unpaired) electrons. The molecule has 0 aromatic carbocycles. The summed E-state index contributed by atoms with van der Waals surface area (Å²) in [7, 11) is 0. The van der Waals surface area contributed by atoms with Gasteiger partial charge >= 0.3 is 0 Å². The molecular weight excluding hydrogens is 256 g/mol. The van der Waals surface area contributed by atoms with Crippen LogP contribution in [0.3, 0.4) is 0 Å². The topological polar surface area (TPSA) is 80.3 Å². The van der Waals surface area contributed by atoms with Gasteiger partial charge in [-0.3, -0.25) is 0 Å². The van der Waals surface area contributed by atoms with Gasteiger partial charge in [-0.1, -0.05) is 46.1 Å². The van der Waals surface area contributed by atoms with Crippen LogP contribution in [0.4, 0.5) is 0 Å². The van der Waals surface area contributed by atoms with Crippen LogP contribution in [0, 0.1) is 11.8 Å². The van der Waals surface area contributed by atoms with Crippen molar-refractivity contribution in [1.29, 1.82) is 0 Å². The molecule has 0 saturated heterocycles. The Morgan fingerprint density at radius 1 is 1.10 bits per heavy atom. The second-order valence-corrected chi connectivity index (χ2v) is 5.72. The molecule has 0 aromatic rings. The highest BCUT2D eigenvalue weighted by molar-refractivity contribution is 5.92. The van der Waals surface area contributed by atoms with Gasteiger partial charge in [-0.2, -0.15) is 0 Å². The van der Waals surface area contributed by atoms with Crippen molar-refractivity contribution in [3.63, 3.8) is 0 Å². The zero-order valence-electron chi connectivity index (χ0n) is 12.8. The zero-order valence-corrected chi connectivity index (χ0v) is 12.8. The van der Waals surface area contributed by atoms with Crippen LogP contribution in [-0.4, -0.2) is 11.9 Å². The Bertz CT molecular complexity index is 391. The van der Waals surface area contributed by atoms with Crippen molar-refractivity contribution in [2.75, 3.05) is 0 Å². The summed E-state index contributed by atoms with van der Waals surface area (Å²) in [4.78, 5) is 21.5. The van der Waals surface area contributed by atoms with Crippen molar-refractivity contribution in [1.82, 2.24) is 0 Å². The zero-order chi connectivity index (χ0) is 15.7. The van der Waals surface area contributed by atoms with Crippen LogP contribution in [0.15, 0.2) is 23.3 Å². The van der Waals surface area contributed by atoms with E-state index in [2.05, 4.69) is 20.8 Å². The van der Waals surface area contributed by atoms with Crippen molar-refractivity contribution in [2.45, 2.75) is 53.4 Å². The largest absolute Gasteiger partial charge is 0.545 e. The van der Waals surface area contributed by atoms with Gasteiger partial charge in [-0.15, -0.1) is 0 Å². The third-order valence-corrected chi connectivity index (χ3v) is 3.18. The quantitative estimate of drug-likeness (QED) is 0.469. The molecule has 4 nitrogen and oxygen atoms in total. The standard InChI is InChI=1S/C16H26O4/c1-11(2)6-5-7-12(3)8-9-14(16(19)20)13(4)10-15(17)18/h9-12H,5-8H2,1-4H3,(H,17,18)(H,19,20)/p-2. The van der Waals surface area contributed by atoms with Crippen LogP contribution in [0.2, 0.25) is 0 Å². The molecule has 0 N–H and O–H groups in total. The van der Waals surface area contributed by atoms with Gasteiger partial charge in [0.1, 0.15) is 0 Å². The lowest BCUT2D eigenvalue weighted by atomic mass is 9.95. The molecule has 4 heteroatoms. The highest BCUT2D eigenvalue weighted by Gasteiger charge is 2.05. The molecule has 0 aliphatic heterocycles. The minimum atomic E-state index is -1.40. The fourth-order valence-electron chi connectivity index (χ4n) is 1.97. The molecule has 0 heterocycles. The first-order chi connectivity index (χ1) is 9.23. The van der Waals surface area contributed by atoms with E-state index in [1.807, 2.05) is 0 Å². The number of carbonyl (C=O) groups excluding carboxylic acids is 2. The summed E-state index contributed by atoms with van der Waals surface area (Å²) in [6.45, 7) is 7.84. The number of allylic oxidation sites excluding steroid dienone is 1. The molecule has 0 aromatic heterocycles. The van der Waals surface area contributed by atoms with Gasteiger partial charge in [0.05, 0.1) is 11.9 Å². The summed E-state index contributed by atoms with van der Waals surface area (Å²) in [6, 6.07) is 0. The van der Waals surface area contributed by atoms with E-state index < -0.39 is 11.9 Å². The highest BCUT2D eigenvalue weighted by atomic mass is 16.4. The van der Waals surface area contributed by atoms with Gasteiger partial charge in [0.25, 0.3) is 0 Å². The van der Waals surface area contributed by atoms with Gasteiger partial charge in [-0.25, -0.2) is 0 Å². The summed E-state index contributed by atoms with van der Waals surface area (Å²) in [5.41, 5.74) is 0.0873. The Hall–Kier alpha value is -1.58. The Labute approximate surface area is 121 Å². The van der Waals surface area contributed by atoms with Crippen molar-refractivity contribution in [3.05, 3.63) is 23.3 Å². The van der Waals surface area contributed by atoms with Crippen LogP contribution in [0.25, 0.3) is 0 Å². The lowest BCUT2D eigenvalue weighted by Gasteiger charge is -2.13. The van der Waals surface area contributed by atoms with Gasteiger partial charge < -0.3 is 19.8 Å². The van der Waals surface area contributed by atoms with Crippen LogP contribution < -0.4 is 10.2 Å². The molecule has 0 fully saturated rings. The maximum Gasteiger partial charge on any atom is 0.0714 e. The normalized spacial score (nSPS) is 14.4. The van der Waals surface area contributed by atoms with Crippen LogP contribution in [0.5, 0.6) is 0 Å². The number of carboxylic acid groups (broad SMARTS) is 2.